The largest absolute Gasteiger partial charge is 0.408 e. The van der Waals surface area contributed by atoms with Crippen molar-refractivity contribution in [2.45, 2.75) is 103 Å². The zero-order chi connectivity index (χ0) is 38.0. The summed E-state index contributed by atoms with van der Waals surface area (Å²) in [6, 6.07) is 39.8. The number of methoxy groups -OCH3 is 2. The lowest BCUT2D eigenvalue weighted by Gasteiger charge is -2.47. The maximum absolute atomic E-state index is 7.58. The zero-order valence-corrected chi connectivity index (χ0v) is 36.3. The van der Waals surface area contributed by atoms with E-state index in [1.165, 1.54) is 10.4 Å². The molecule has 6 nitrogen and oxygen atoms in total. The van der Waals surface area contributed by atoms with Gasteiger partial charge >= 0.3 is 0 Å². The van der Waals surface area contributed by atoms with E-state index in [4.69, 9.17) is 27.8 Å². The maximum Gasteiger partial charge on any atom is 0.261 e. The SMILES string of the molecule is COC(OC)[C@H](OCc1ccc(Br)cc1)[C@H](O[Si](C)(C)C(C)(C)C)[C@H](CO[Si](c1ccccc1)(c1ccccc1)C(C)(C)C)OCc1ccccc1. The molecule has 4 aromatic rings. The number of halogens is 1. The Bertz CT molecular complexity index is 1570. The van der Waals surface area contributed by atoms with E-state index in [0.717, 1.165) is 15.6 Å². The Morgan fingerprint density at radius 3 is 1.50 bits per heavy atom. The molecule has 282 valence electrons. The van der Waals surface area contributed by atoms with Crippen LogP contribution in [0.25, 0.3) is 0 Å². The lowest BCUT2D eigenvalue weighted by atomic mass is 10.1. The first-order chi connectivity index (χ1) is 24.6. The Hall–Kier alpha value is -2.45. The molecule has 4 rings (SSSR count). The van der Waals surface area contributed by atoms with Gasteiger partial charge in [-0.2, -0.15) is 0 Å². The third kappa shape index (κ3) is 10.6. The summed E-state index contributed by atoms with van der Waals surface area (Å²) in [7, 11) is -2.11. The van der Waals surface area contributed by atoms with Crippen molar-refractivity contribution >= 4 is 42.9 Å². The highest BCUT2D eigenvalue weighted by Gasteiger charge is 2.52. The molecule has 0 aliphatic heterocycles. The second kappa shape index (κ2) is 18.7. The summed E-state index contributed by atoms with van der Waals surface area (Å²) >= 11 is 3.56. The molecular formula is C43H59BrO6Si2. The fraction of sp³-hybridized carbons (Fsp3) is 0.442. The van der Waals surface area contributed by atoms with Crippen molar-refractivity contribution in [3.8, 4) is 0 Å². The number of hydrogen-bond acceptors (Lipinski definition) is 6. The molecule has 0 saturated carbocycles. The van der Waals surface area contributed by atoms with Crippen LogP contribution in [-0.2, 0) is 41.0 Å². The molecule has 0 amide bonds. The van der Waals surface area contributed by atoms with E-state index in [1.807, 2.05) is 30.3 Å². The van der Waals surface area contributed by atoms with Gasteiger partial charge in [0.05, 0.1) is 19.8 Å². The van der Waals surface area contributed by atoms with Gasteiger partial charge in [-0.3, -0.25) is 0 Å². The zero-order valence-electron chi connectivity index (χ0n) is 32.7. The third-order valence-electron chi connectivity index (χ3n) is 10.2. The Labute approximate surface area is 323 Å². The van der Waals surface area contributed by atoms with Crippen molar-refractivity contribution in [2.24, 2.45) is 0 Å². The monoisotopic (exact) mass is 806 g/mol. The van der Waals surface area contributed by atoms with Gasteiger partial charge < -0.3 is 27.8 Å². The van der Waals surface area contributed by atoms with Crippen LogP contribution >= 0.6 is 15.9 Å². The Kier molecular flexibility index (Phi) is 15.2. The summed E-state index contributed by atoms with van der Waals surface area (Å²) < 4.78 is 41.9. The molecule has 0 spiro atoms. The summed E-state index contributed by atoms with van der Waals surface area (Å²) in [6.45, 7) is 19.1. The first-order valence-electron chi connectivity index (χ1n) is 18.1. The van der Waals surface area contributed by atoms with Gasteiger partial charge in [-0.05, 0) is 56.8 Å². The highest BCUT2D eigenvalue weighted by molar-refractivity contribution is 9.10. The summed E-state index contributed by atoms with van der Waals surface area (Å²) in [5.41, 5.74) is 2.09. The van der Waals surface area contributed by atoms with E-state index in [9.17, 15) is 0 Å². The minimum absolute atomic E-state index is 0.0972. The van der Waals surface area contributed by atoms with Crippen molar-refractivity contribution in [3.63, 3.8) is 0 Å². The van der Waals surface area contributed by atoms with Crippen molar-refractivity contribution in [1.29, 1.82) is 0 Å². The molecule has 0 unspecified atom stereocenters. The minimum Gasteiger partial charge on any atom is -0.408 e. The normalized spacial score (nSPS) is 14.7. The maximum atomic E-state index is 7.58. The first-order valence-corrected chi connectivity index (χ1v) is 23.7. The van der Waals surface area contributed by atoms with E-state index >= 15 is 0 Å². The van der Waals surface area contributed by atoms with Gasteiger partial charge in [0.15, 0.2) is 14.6 Å². The fourth-order valence-electron chi connectivity index (χ4n) is 6.32. The number of benzene rings is 4. The van der Waals surface area contributed by atoms with Crippen molar-refractivity contribution in [3.05, 3.63) is 131 Å². The number of ether oxygens (including phenoxy) is 4. The molecule has 0 bridgehead atoms. The van der Waals surface area contributed by atoms with Crippen LogP contribution in [-0.4, -0.2) is 62.1 Å². The number of hydrogen-bond donors (Lipinski definition) is 0. The van der Waals surface area contributed by atoms with Gasteiger partial charge in [0.1, 0.15) is 18.3 Å². The molecule has 9 heteroatoms. The molecule has 0 heterocycles. The van der Waals surface area contributed by atoms with E-state index in [1.54, 1.807) is 14.2 Å². The minimum atomic E-state index is -2.95. The van der Waals surface area contributed by atoms with Crippen LogP contribution in [0.1, 0.15) is 52.7 Å². The van der Waals surface area contributed by atoms with Gasteiger partial charge in [-0.1, -0.05) is 161 Å². The van der Waals surface area contributed by atoms with E-state index in [-0.39, 0.29) is 16.7 Å². The van der Waals surface area contributed by atoms with Gasteiger partial charge in [0.25, 0.3) is 8.32 Å². The Morgan fingerprint density at radius 1 is 0.577 bits per heavy atom. The molecule has 3 atom stereocenters. The number of rotatable bonds is 18. The molecule has 0 N–H and O–H groups in total. The summed E-state index contributed by atoms with van der Waals surface area (Å²) in [4.78, 5) is 0. The van der Waals surface area contributed by atoms with Gasteiger partial charge in [-0.15, -0.1) is 0 Å². The van der Waals surface area contributed by atoms with Gasteiger partial charge in [-0.25, -0.2) is 0 Å². The summed E-state index contributed by atoms with van der Waals surface area (Å²) in [5, 5.41) is 2.08. The van der Waals surface area contributed by atoms with Crippen LogP contribution in [0, 0.1) is 0 Å². The quantitative estimate of drug-likeness (QED) is 0.0738. The predicted molar refractivity (Wildman–Crippen MR) is 221 cm³/mol. The van der Waals surface area contributed by atoms with E-state index in [2.05, 4.69) is 155 Å². The molecule has 0 aromatic heterocycles. The van der Waals surface area contributed by atoms with Gasteiger partial charge in [0, 0.05) is 18.7 Å². The molecule has 0 radical (unpaired) electrons. The van der Waals surface area contributed by atoms with Crippen LogP contribution in [0.4, 0.5) is 0 Å². The van der Waals surface area contributed by atoms with E-state index < -0.39 is 41.2 Å². The van der Waals surface area contributed by atoms with Gasteiger partial charge in [0.2, 0.25) is 0 Å². The molecule has 0 aliphatic carbocycles. The summed E-state index contributed by atoms with van der Waals surface area (Å²) in [5.74, 6) is 0. The van der Waals surface area contributed by atoms with Crippen LogP contribution in [0.15, 0.2) is 120 Å². The third-order valence-corrected chi connectivity index (χ3v) is 20.2. The highest BCUT2D eigenvalue weighted by atomic mass is 79.9. The Balaban J connectivity index is 1.88. The van der Waals surface area contributed by atoms with Crippen LogP contribution in [0.5, 0.6) is 0 Å². The standard InChI is InChI=1S/C43H59BrO6Si2/c1-42(2,3)51(9,10)50-39(40(41(45-7)46-8)48-31-34-26-28-35(44)29-27-34)38(47-30-33-20-14-11-15-21-33)32-49-52(43(4,5)6,36-22-16-12-17-23-36)37-24-18-13-19-25-37/h11-29,38-41H,30-32H2,1-10H3/t38-,39+,40+/m0/s1. The summed E-state index contributed by atoms with van der Waals surface area (Å²) in [6.07, 6.45) is -2.56. The molecule has 4 aromatic carbocycles. The lowest BCUT2D eigenvalue weighted by Crippen LogP contribution is -2.67. The lowest BCUT2D eigenvalue weighted by molar-refractivity contribution is -0.228. The van der Waals surface area contributed by atoms with E-state index in [0.29, 0.717) is 13.2 Å². The average Bonchev–Trinajstić information content (AvgIpc) is 3.12. The average molecular weight is 808 g/mol. The molecule has 52 heavy (non-hydrogen) atoms. The highest BCUT2D eigenvalue weighted by Crippen LogP contribution is 2.40. The second-order valence-electron chi connectivity index (χ2n) is 15.9. The molecule has 0 fully saturated rings. The predicted octanol–water partition coefficient (Wildman–Crippen LogP) is 9.51. The topological polar surface area (TPSA) is 55.4 Å². The van der Waals surface area contributed by atoms with Crippen molar-refractivity contribution in [1.82, 2.24) is 0 Å². The van der Waals surface area contributed by atoms with Crippen molar-refractivity contribution < 1.29 is 27.8 Å². The fourth-order valence-corrected chi connectivity index (χ4v) is 12.5. The molecular weight excluding hydrogens is 749 g/mol. The molecule has 0 aliphatic rings. The van der Waals surface area contributed by atoms with Crippen molar-refractivity contribution in [2.75, 3.05) is 20.8 Å². The first kappa shape index (κ1) is 42.3. The second-order valence-corrected chi connectivity index (χ2v) is 25.9. The van der Waals surface area contributed by atoms with Crippen LogP contribution in [0.3, 0.4) is 0 Å². The Morgan fingerprint density at radius 2 is 1.04 bits per heavy atom. The smallest absolute Gasteiger partial charge is 0.261 e. The van der Waals surface area contributed by atoms with Crippen LogP contribution < -0.4 is 10.4 Å². The molecule has 0 saturated heterocycles. The van der Waals surface area contributed by atoms with Crippen LogP contribution in [0.2, 0.25) is 23.2 Å².